The molecule has 0 bridgehead atoms. The number of hydrogen-bond donors (Lipinski definition) is 0. The Morgan fingerprint density at radius 3 is 2.24 bits per heavy atom. The van der Waals surface area contributed by atoms with Gasteiger partial charge in [0.2, 0.25) is 9.84 Å². The van der Waals surface area contributed by atoms with Crippen molar-refractivity contribution in [2.75, 3.05) is 0 Å². The molecule has 3 aromatic rings. The molecule has 1 heterocycles. The minimum atomic E-state index is -3.91. The summed E-state index contributed by atoms with van der Waals surface area (Å²) in [4.78, 5) is 4.40. The van der Waals surface area contributed by atoms with Crippen molar-refractivity contribution in [2.24, 2.45) is 0 Å². The van der Waals surface area contributed by atoms with Crippen molar-refractivity contribution in [3.05, 3.63) is 75.1 Å². The Labute approximate surface area is 180 Å². The molecule has 0 atom stereocenters. The van der Waals surface area contributed by atoms with E-state index in [9.17, 15) is 13.7 Å². The van der Waals surface area contributed by atoms with Gasteiger partial charge in [-0.1, -0.05) is 56.6 Å². The molecule has 0 spiro atoms. The molecule has 0 aliphatic heterocycles. The molecule has 1 aromatic heterocycles. The molecule has 2 aromatic carbocycles. The van der Waals surface area contributed by atoms with E-state index in [1.807, 2.05) is 12.1 Å². The fourth-order valence-electron chi connectivity index (χ4n) is 2.53. The zero-order chi connectivity index (χ0) is 21.2. The van der Waals surface area contributed by atoms with E-state index in [0.717, 1.165) is 16.3 Å². The molecule has 148 valence electrons. The Bertz CT molecular complexity index is 1200. The van der Waals surface area contributed by atoms with Gasteiger partial charge in [-0.2, -0.15) is 5.26 Å². The van der Waals surface area contributed by atoms with Crippen LogP contribution in [0, 0.1) is 11.3 Å². The number of thiazole rings is 1. The third-order valence-electron chi connectivity index (χ3n) is 4.25. The number of rotatable bonds is 4. The minimum Gasteiger partial charge on any atom is -0.241 e. The summed E-state index contributed by atoms with van der Waals surface area (Å²) >= 11 is 7.39. The molecule has 0 radical (unpaired) electrons. The molecule has 0 unspecified atom stereocenters. The van der Waals surface area contributed by atoms with Gasteiger partial charge < -0.3 is 0 Å². The fraction of sp³-hybridized carbons (Fsp3) is 0.182. The first kappa shape index (κ1) is 21.3. The maximum absolute atomic E-state index is 12.7. The molecule has 0 fully saturated rings. The summed E-state index contributed by atoms with van der Waals surface area (Å²) in [6, 6.07) is 14.9. The van der Waals surface area contributed by atoms with Crippen molar-refractivity contribution >= 4 is 38.9 Å². The molecule has 0 aliphatic carbocycles. The van der Waals surface area contributed by atoms with Crippen LogP contribution >= 0.6 is 22.9 Å². The third-order valence-corrected chi connectivity index (χ3v) is 7.08. The molecule has 7 heteroatoms. The van der Waals surface area contributed by atoms with E-state index < -0.39 is 9.84 Å². The largest absolute Gasteiger partial charge is 0.241 e. The second kappa shape index (κ2) is 8.11. The van der Waals surface area contributed by atoms with Crippen LogP contribution in [0.3, 0.4) is 0 Å². The molecular weight excluding hydrogens is 424 g/mol. The first-order chi connectivity index (χ1) is 13.6. The smallest absolute Gasteiger partial charge is 0.216 e. The number of nitrogens with zero attached hydrogens (tertiary/aromatic N) is 2. The molecule has 29 heavy (non-hydrogen) atoms. The van der Waals surface area contributed by atoms with Gasteiger partial charge in [0.15, 0.2) is 0 Å². The lowest BCUT2D eigenvalue weighted by atomic mass is 9.93. The van der Waals surface area contributed by atoms with Crippen molar-refractivity contribution in [1.29, 1.82) is 5.26 Å². The van der Waals surface area contributed by atoms with Gasteiger partial charge in [0.1, 0.15) is 16.0 Å². The summed E-state index contributed by atoms with van der Waals surface area (Å²) in [7, 11) is -3.91. The highest BCUT2D eigenvalue weighted by atomic mass is 35.5. The van der Waals surface area contributed by atoms with E-state index in [-0.39, 0.29) is 15.2 Å². The van der Waals surface area contributed by atoms with E-state index in [0.29, 0.717) is 10.6 Å². The monoisotopic (exact) mass is 442 g/mol. The van der Waals surface area contributed by atoms with E-state index >= 15 is 0 Å². The second-order valence-electron chi connectivity index (χ2n) is 7.49. The van der Waals surface area contributed by atoms with Gasteiger partial charge in [-0.15, -0.1) is 11.3 Å². The number of nitriles is 1. The SMILES string of the molecule is CC(C)(C)c1csc(-c2ccc(/C=C(/C#N)S(=O)(=O)c3ccc(Cl)cc3)cc2)n1. The van der Waals surface area contributed by atoms with Crippen LogP contribution in [-0.2, 0) is 15.3 Å². The van der Waals surface area contributed by atoms with Crippen molar-refractivity contribution in [2.45, 2.75) is 31.1 Å². The van der Waals surface area contributed by atoms with Crippen molar-refractivity contribution in [3.8, 4) is 16.6 Å². The summed E-state index contributed by atoms with van der Waals surface area (Å²) in [6.07, 6.45) is 1.37. The molecular formula is C22H19ClN2O2S2. The molecule has 0 saturated carbocycles. The highest BCUT2D eigenvalue weighted by Crippen LogP contribution is 2.30. The average Bonchev–Trinajstić information content (AvgIpc) is 3.17. The number of hydrogen-bond acceptors (Lipinski definition) is 5. The lowest BCUT2D eigenvalue weighted by Crippen LogP contribution is -2.11. The van der Waals surface area contributed by atoms with Crippen molar-refractivity contribution < 1.29 is 8.42 Å². The quantitative estimate of drug-likeness (QED) is 0.457. The Hall–Kier alpha value is -2.46. The first-order valence-electron chi connectivity index (χ1n) is 8.80. The Morgan fingerprint density at radius 2 is 1.72 bits per heavy atom. The van der Waals surface area contributed by atoms with Crippen molar-refractivity contribution in [1.82, 2.24) is 4.98 Å². The predicted molar refractivity (Wildman–Crippen MR) is 118 cm³/mol. The maximum atomic E-state index is 12.7. The topological polar surface area (TPSA) is 70.8 Å². The van der Waals surface area contributed by atoms with Crippen LogP contribution in [0.15, 0.2) is 63.7 Å². The average molecular weight is 443 g/mol. The number of halogens is 1. The zero-order valence-corrected chi connectivity index (χ0v) is 18.6. The molecule has 4 nitrogen and oxygen atoms in total. The lowest BCUT2D eigenvalue weighted by molar-refractivity contribution is 0.573. The molecule has 0 amide bonds. The van der Waals surface area contributed by atoms with Gasteiger partial charge >= 0.3 is 0 Å². The first-order valence-corrected chi connectivity index (χ1v) is 11.5. The van der Waals surface area contributed by atoms with Crippen LogP contribution in [0.2, 0.25) is 5.02 Å². The number of benzene rings is 2. The van der Waals surface area contributed by atoms with Crippen LogP contribution in [-0.4, -0.2) is 13.4 Å². The Morgan fingerprint density at radius 1 is 1.10 bits per heavy atom. The van der Waals surface area contributed by atoms with E-state index in [1.54, 1.807) is 29.5 Å². The molecule has 3 rings (SSSR count). The van der Waals surface area contributed by atoms with Crippen LogP contribution in [0.4, 0.5) is 0 Å². The number of sulfone groups is 1. The second-order valence-corrected chi connectivity index (χ2v) is 10.7. The van der Waals surface area contributed by atoms with E-state index in [1.165, 1.54) is 30.3 Å². The molecule has 0 N–H and O–H groups in total. The maximum Gasteiger partial charge on any atom is 0.216 e. The van der Waals surface area contributed by atoms with Crippen LogP contribution in [0.5, 0.6) is 0 Å². The van der Waals surface area contributed by atoms with E-state index in [2.05, 4.69) is 31.1 Å². The van der Waals surface area contributed by atoms with Crippen LogP contribution < -0.4 is 0 Å². The van der Waals surface area contributed by atoms with Crippen LogP contribution in [0.25, 0.3) is 16.6 Å². The summed E-state index contributed by atoms with van der Waals surface area (Å²) in [5.74, 6) is 0. The summed E-state index contributed by atoms with van der Waals surface area (Å²) in [5.41, 5.74) is 2.58. The van der Waals surface area contributed by atoms with Gasteiger partial charge in [-0.05, 0) is 35.9 Å². The van der Waals surface area contributed by atoms with Gasteiger partial charge in [-0.3, -0.25) is 0 Å². The van der Waals surface area contributed by atoms with Gasteiger partial charge in [0.25, 0.3) is 0 Å². The number of allylic oxidation sites excluding steroid dienone is 1. The minimum absolute atomic E-state index is 0.0187. The fourth-order valence-corrected chi connectivity index (χ4v) is 4.87. The summed E-state index contributed by atoms with van der Waals surface area (Å²) in [5, 5.41) is 12.8. The lowest BCUT2D eigenvalue weighted by Gasteiger charge is -2.14. The third kappa shape index (κ3) is 4.76. The van der Waals surface area contributed by atoms with E-state index in [4.69, 9.17) is 11.6 Å². The van der Waals surface area contributed by atoms with Gasteiger partial charge in [-0.25, -0.2) is 13.4 Å². The normalized spacial score (nSPS) is 12.6. The highest BCUT2D eigenvalue weighted by molar-refractivity contribution is 7.95. The van der Waals surface area contributed by atoms with Gasteiger partial charge in [0.05, 0.1) is 10.6 Å². The summed E-state index contributed by atoms with van der Waals surface area (Å²) in [6.45, 7) is 6.35. The number of aromatic nitrogens is 1. The van der Waals surface area contributed by atoms with Gasteiger partial charge in [0, 0.05) is 21.4 Å². The standard InChI is InChI=1S/C22H19ClN2O2S2/c1-22(2,3)20-14-28-21(25-20)16-6-4-15(5-7-16)12-19(13-24)29(26,27)18-10-8-17(23)9-11-18/h4-12,14H,1-3H3/b19-12-. The summed E-state index contributed by atoms with van der Waals surface area (Å²) < 4.78 is 25.4. The Kier molecular flexibility index (Phi) is 5.95. The molecule has 0 saturated heterocycles. The zero-order valence-electron chi connectivity index (χ0n) is 16.2. The molecule has 0 aliphatic rings. The van der Waals surface area contributed by atoms with Crippen molar-refractivity contribution in [3.63, 3.8) is 0 Å². The highest BCUT2D eigenvalue weighted by Gasteiger charge is 2.21. The Balaban J connectivity index is 1.90. The predicted octanol–water partition coefficient (Wildman–Crippen LogP) is 6.10. The van der Waals surface area contributed by atoms with Crippen LogP contribution in [0.1, 0.15) is 32.0 Å².